The molecule has 0 aliphatic rings. The van der Waals surface area contributed by atoms with Gasteiger partial charge in [-0.25, -0.2) is 4.79 Å². The van der Waals surface area contributed by atoms with Gasteiger partial charge in [-0.05, 0) is 29.6 Å². The Balaban J connectivity index is 1.50. The van der Waals surface area contributed by atoms with E-state index >= 15 is 0 Å². The number of carbonyl (C=O) groups is 1. The molecule has 4 aromatic rings. The molecule has 0 bridgehead atoms. The SMILES string of the molecule is O=C(CCn1c(=O)oc2ccccc21)Nc1ccccc1-c1cccs1. The van der Waals surface area contributed by atoms with Gasteiger partial charge in [0.05, 0.1) is 5.52 Å². The first kappa shape index (κ1) is 16.4. The summed E-state index contributed by atoms with van der Waals surface area (Å²) in [5.41, 5.74) is 2.98. The van der Waals surface area contributed by atoms with E-state index in [1.54, 1.807) is 17.4 Å². The van der Waals surface area contributed by atoms with Gasteiger partial charge in [-0.2, -0.15) is 0 Å². The standard InChI is InChI=1S/C20H16N2O3S/c23-19(11-12-22-16-8-3-4-9-17(16)25-20(22)24)21-15-7-2-1-6-14(15)18-10-5-13-26-18/h1-10,13H,11-12H2,(H,21,23). The molecule has 0 atom stereocenters. The van der Waals surface area contributed by atoms with Crippen LogP contribution in [0.2, 0.25) is 0 Å². The molecule has 26 heavy (non-hydrogen) atoms. The van der Waals surface area contributed by atoms with Crippen LogP contribution < -0.4 is 11.1 Å². The number of nitrogens with one attached hydrogen (secondary N) is 1. The van der Waals surface area contributed by atoms with Crippen molar-refractivity contribution in [2.75, 3.05) is 5.32 Å². The zero-order valence-electron chi connectivity index (χ0n) is 13.8. The monoisotopic (exact) mass is 364 g/mol. The van der Waals surface area contributed by atoms with Crippen LogP contribution in [0.3, 0.4) is 0 Å². The molecule has 0 aliphatic carbocycles. The van der Waals surface area contributed by atoms with Crippen molar-refractivity contribution in [2.45, 2.75) is 13.0 Å². The average molecular weight is 364 g/mol. The van der Waals surface area contributed by atoms with Crippen LogP contribution in [0, 0.1) is 0 Å². The van der Waals surface area contributed by atoms with Crippen LogP contribution in [0.5, 0.6) is 0 Å². The summed E-state index contributed by atoms with van der Waals surface area (Å²) in [7, 11) is 0. The van der Waals surface area contributed by atoms with Gasteiger partial charge >= 0.3 is 5.76 Å². The molecular formula is C20H16N2O3S. The highest BCUT2D eigenvalue weighted by atomic mass is 32.1. The Morgan fingerprint density at radius 1 is 1.04 bits per heavy atom. The van der Waals surface area contributed by atoms with E-state index in [0.717, 1.165) is 16.1 Å². The number of aromatic nitrogens is 1. The highest BCUT2D eigenvalue weighted by Gasteiger charge is 2.12. The molecule has 6 heteroatoms. The second kappa shape index (κ2) is 7.01. The lowest BCUT2D eigenvalue weighted by Gasteiger charge is -2.10. The third-order valence-corrected chi connectivity index (χ3v) is 5.03. The van der Waals surface area contributed by atoms with Crippen molar-refractivity contribution in [3.8, 4) is 10.4 Å². The van der Waals surface area contributed by atoms with Crippen molar-refractivity contribution >= 4 is 34.0 Å². The minimum Gasteiger partial charge on any atom is -0.408 e. The van der Waals surface area contributed by atoms with Gasteiger partial charge in [0.25, 0.3) is 0 Å². The summed E-state index contributed by atoms with van der Waals surface area (Å²) in [6, 6.07) is 18.9. The number of para-hydroxylation sites is 3. The summed E-state index contributed by atoms with van der Waals surface area (Å²) in [5.74, 6) is -0.593. The van der Waals surface area contributed by atoms with Crippen LogP contribution in [0.15, 0.2) is 75.3 Å². The molecule has 0 fully saturated rings. The fourth-order valence-corrected chi connectivity index (χ4v) is 3.66. The number of benzene rings is 2. The fourth-order valence-electron chi connectivity index (χ4n) is 2.89. The van der Waals surface area contributed by atoms with Crippen molar-refractivity contribution in [3.63, 3.8) is 0 Å². The summed E-state index contributed by atoms with van der Waals surface area (Å²) in [4.78, 5) is 25.5. The van der Waals surface area contributed by atoms with E-state index in [0.29, 0.717) is 11.1 Å². The Morgan fingerprint density at radius 3 is 2.69 bits per heavy atom. The smallest absolute Gasteiger partial charge is 0.408 e. The van der Waals surface area contributed by atoms with Crippen molar-refractivity contribution < 1.29 is 9.21 Å². The first-order valence-electron chi connectivity index (χ1n) is 8.23. The molecule has 0 unspecified atom stereocenters. The van der Waals surface area contributed by atoms with E-state index < -0.39 is 5.76 Å². The van der Waals surface area contributed by atoms with Gasteiger partial charge in [0.2, 0.25) is 5.91 Å². The number of hydrogen-bond donors (Lipinski definition) is 1. The summed E-state index contributed by atoms with van der Waals surface area (Å²) in [6.07, 6.45) is 0.183. The second-order valence-electron chi connectivity index (χ2n) is 5.81. The minimum absolute atomic E-state index is 0.147. The third-order valence-electron chi connectivity index (χ3n) is 4.12. The van der Waals surface area contributed by atoms with Crippen molar-refractivity contribution in [2.24, 2.45) is 0 Å². The molecule has 2 heterocycles. The van der Waals surface area contributed by atoms with Crippen molar-refractivity contribution in [3.05, 3.63) is 76.6 Å². The highest BCUT2D eigenvalue weighted by molar-refractivity contribution is 7.13. The molecule has 1 amide bonds. The van der Waals surface area contributed by atoms with Crippen molar-refractivity contribution in [1.82, 2.24) is 4.57 Å². The van der Waals surface area contributed by atoms with E-state index in [1.807, 2.05) is 60.0 Å². The number of aryl methyl sites for hydroxylation is 1. The van der Waals surface area contributed by atoms with Crippen LogP contribution in [-0.4, -0.2) is 10.5 Å². The average Bonchev–Trinajstić information content (AvgIpc) is 3.28. The van der Waals surface area contributed by atoms with Gasteiger partial charge in [0.15, 0.2) is 5.58 Å². The molecule has 5 nitrogen and oxygen atoms in total. The zero-order chi connectivity index (χ0) is 17.9. The van der Waals surface area contributed by atoms with E-state index in [-0.39, 0.29) is 18.9 Å². The molecule has 0 saturated carbocycles. The molecule has 2 aromatic carbocycles. The number of nitrogens with zero attached hydrogens (tertiary/aromatic N) is 1. The van der Waals surface area contributed by atoms with E-state index in [4.69, 9.17) is 4.42 Å². The minimum atomic E-state index is -0.446. The van der Waals surface area contributed by atoms with E-state index in [9.17, 15) is 9.59 Å². The molecule has 0 radical (unpaired) electrons. The molecule has 130 valence electrons. The highest BCUT2D eigenvalue weighted by Crippen LogP contribution is 2.31. The second-order valence-corrected chi connectivity index (χ2v) is 6.76. The Morgan fingerprint density at radius 2 is 1.85 bits per heavy atom. The maximum absolute atomic E-state index is 12.4. The van der Waals surface area contributed by atoms with Crippen LogP contribution in [-0.2, 0) is 11.3 Å². The maximum atomic E-state index is 12.4. The quantitative estimate of drug-likeness (QED) is 0.572. The van der Waals surface area contributed by atoms with Gasteiger partial charge in [0, 0.05) is 29.1 Å². The summed E-state index contributed by atoms with van der Waals surface area (Å²) in [5, 5.41) is 4.95. The lowest BCUT2D eigenvalue weighted by molar-refractivity contribution is -0.116. The number of fused-ring (bicyclic) bond motifs is 1. The van der Waals surface area contributed by atoms with E-state index in [2.05, 4.69) is 5.32 Å². The Hall–Kier alpha value is -3.12. The number of anilines is 1. The zero-order valence-corrected chi connectivity index (χ0v) is 14.7. The van der Waals surface area contributed by atoms with Gasteiger partial charge in [-0.15, -0.1) is 11.3 Å². The first-order valence-corrected chi connectivity index (χ1v) is 9.11. The summed E-state index contributed by atoms with van der Waals surface area (Å²) >= 11 is 1.62. The van der Waals surface area contributed by atoms with Gasteiger partial charge in [-0.1, -0.05) is 36.4 Å². The summed E-state index contributed by atoms with van der Waals surface area (Å²) < 4.78 is 6.68. The molecule has 1 N–H and O–H groups in total. The Kier molecular flexibility index (Phi) is 4.41. The predicted octanol–water partition coefficient (Wildman–Crippen LogP) is 4.35. The Bertz CT molecular complexity index is 1110. The maximum Gasteiger partial charge on any atom is 0.419 e. The number of carbonyl (C=O) groups excluding carboxylic acids is 1. The molecular weight excluding hydrogens is 348 g/mol. The van der Waals surface area contributed by atoms with Crippen LogP contribution in [0.4, 0.5) is 5.69 Å². The lowest BCUT2D eigenvalue weighted by atomic mass is 10.1. The Labute approximate surface area is 153 Å². The van der Waals surface area contributed by atoms with Gasteiger partial charge in [0.1, 0.15) is 0 Å². The molecule has 0 spiro atoms. The molecule has 0 saturated heterocycles. The lowest BCUT2D eigenvalue weighted by Crippen LogP contribution is -2.20. The number of amides is 1. The van der Waals surface area contributed by atoms with Crippen LogP contribution in [0.1, 0.15) is 6.42 Å². The number of rotatable bonds is 5. The number of hydrogen-bond acceptors (Lipinski definition) is 4. The third kappa shape index (κ3) is 3.19. The number of thiophene rings is 1. The molecule has 0 aliphatic heterocycles. The predicted molar refractivity (Wildman–Crippen MR) is 103 cm³/mol. The van der Waals surface area contributed by atoms with Crippen LogP contribution in [0.25, 0.3) is 21.5 Å². The largest absolute Gasteiger partial charge is 0.419 e. The van der Waals surface area contributed by atoms with E-state index in [1.165, 1.54) is 4.57 Å². The normalized spacial score (nSPS) is 10.9. The van der Waals surface area contributed by atoms with Gasteiger partial charge in [-0.3, -0.25) is 9.36 Å². The fraction of sp³-hybridized carbons (Fsp3) is 0.100. The van der Waals surface area contributed by atoms with Gasteiger partial charge < -0.3 is 9.73 Å². The van der Waals surface area contributed by atoms with Crippen LogP contribution >= 0.6 is 11.3 Å². The molecule has 2 aromatic heterocycles. The first-order chi connectivity index (χ1) is 12.7. The molecule has 4 rings (SSSR count). The topological polar surface area (TPSA) is 64.2 Å². The summed E-state index contributed by atoms with van der Waals surface area (Å²) in [6.45, 7) is 0.267. The number of oxazole rings is 1. The van der Waals surface area contributed by atoms with Crippen molar-refractivity contribution in [1.29, 1.82) is 0 Å².